The molecule has 0 saturated heterocycles. The maximum Gasteiger partial charge on any atom is 0.335 e. The number of benzene rings is 2. The van der Waals surface area contributed by atoms with Crippen molar-refractivity contribution in [1.82, 2.24) is 0 Å². The first-order valence-electron chi connectivity index (χ1n) is 8.46. The van der Waals surface area contributed by atoms with Crippen LogP contribution in [0.1, 0.15) is 41.3 Å². The number of aromatic carboxylic acids is 1. The minimum absolute atomic E-state index is 0.122. The van der Waals surface area contributed by atoms with Gasteiger partial charge in [0.15, 0.2) is 9.84 Å². The van der Waals surface area contributed by atoms with Crippen LogP contribution in [0.15, 0.2) is 47.4 Å². The second kappa shape index (κ2) is 6.74. The van der Waals surface area contributed by atoms with E-state index in [2.05, 4.69) is 5.32 Å². The number of aliphatic hydroxyl groups is 1. The van der Waals surface area contributed by atoms with Crippen LogP contribution in [-0.4, -0.2) is 36.9 Å². The Kier molecular flexibility index (Phi) is 4.77. The zero-order valence-corrected chi connectivity index (χ0v) is 15.2. The summed E-state index contributed by atoms with van der Waals surface area (Å²) >= 11 is 0. The number of hydrogen-bond acceptors (Lipinski definition) is 5. The summed E-state index contributed by atoms with van der Waals surface area (Å²) in [5.41, 5.74) is -0.806. The van der Waals surface area contributed by atoms with E-state index in [1.54, 1.807) is 30.3 Å². The summed E-state index contributed by atoms with van der Waals surface area (Å²) in [7, 11) is -3.82. The Morgan fingerprint density at radius 1 is 1.23 bits per heavy atom. The van der Waals surface area contributed by atoms with Crippen molar-refractivity contribution in [3.63, 3.8) is 0 Å². The summed E-state index contributed by atoms with van der Waals surface area (Å²) in [6.45, 7) is 2.57. The van der Waals surface area contributed by atoms with Gasteiger partial charge in [-0.3, -0.25) is 0 Å². The number of unbranched alkanes of at least 4 members (excludes halogenated alkanes) is 1. The van der Waals surface area contributed by atoms with Gasteiger partial charge < -0.3 is 15.5 Å². The van der Waals surface area contributed by atoms with Gasteiger partial charge >= 0.3 is 5.97 Å². The number of hydrogen-bond donors (Lipinski definition) is 3. The fraction of sp³-hybridized carbons (Fsp3) is 0.316. The van der Waals surface area contributed by atoms with E-state index in [0.29, 0.717) is 17.8 Å². The van der Waals surface area contributed by atoms with Crippen molar-refractivity contribution in [2.75, 3.05) is 17.6 Å². The third-order valence-corrected chi connectivity index (χ3v) is 6.38. The topological polar surface area (TPSA) is 104 Å². The lowest BCUT2D eigenvalue weighted by Crippen LogP contribution is -2.30. The quantitative estimate of drug-likeness (QED) is 0.671. The molecule has 0 aliphatic carbocycles. The molecule has 0 amide bonds. The van der Waals surface area contributed by atoms with Gasteiger partial charge in [0.25, 0.3) is 0 Å². The zero-order chi connectivity index (χ0) is 18.9. The molecular weight excluding hydrogens is 354 g/mol. The highest BCUT2D eigenvalue weighted by Crippen LogP contribution is 2.46. The van der Waals surface area contributed by atoms with E-state index in [9.17, 15) is 23.4 Å². The first kappa shape index (κ1) is 18.4. The summed E-state index contributed by atoms with van der Waals surface area (Å²) in [4.78, 5) is 11.3. The normalized spacial score (nSPS) is 20.5. The lowest BCUT2D eigenvalue weighted by molar-refractivity contribution is 0.0695. The van der Waals surface area contributed by atoms with Gasteiger partial charge in [0.1, 0.15) is 5.60 Å². The number of carboxylic acids is 1. The third-order valence-electron chi connectivity index (χ3n) is 4.59. The third kappa shape index (κ3) is 3.08. The van der Waals surface area contributed by atoms with Crippen LogP contribution in [0.5, 0.6) is 0 Å². The SMILES string of the molecule is CCCCNc1cc(C(=O)O)cc2c1C(O)(c1ccccc1)CS2(=O)=O. The molecule has 1 aliphatic rings. The summed E-state index contributed by atoms with van der Waals surface area (Å²) in [6.07, 6.45) is 1.76. The van der Waals surface area contributed by atoms with Crippen LogP contribution in [0.4, 0.5) is 5.69 Å². The molecule has 1 aliphatic heterocycles. The number of carbonyl (C=O) groups is 1. The average Bonchev–Trinajstić information content (AvgIpc) is 2.83. The Balaban J connectivity index is 2.25. The monoisotopic (exact) mass is 375 g/mol. The molecule has 2 aromatic rings. The molecule has 3 rings (SSSR count). The standard InChI is InChI=1S/C19H21NO5S/c1-2-3-9-20-15-10-13(18(21)22)11-16-17(15)19(23,12-26(16,24)25)14-7-5-4-6-8-14/h4-8,10-11,20,23H,2-3,9,12H2,1H3,(H,21,22). The fourth-order valence-electron chi connectivity index (χ4n) is 3.32. The van der Waals surface area contributed by atoms with Crippen molar-refractivity contribution in [2.45, 2.75) is 30.3 Å². The molecule has 0 aromatic heterocycles. The number of sulfone groups is 1. The van der Waals surface area contributed by atoms with Gasteiger partial charge in [0, 0.05) is 17.8 Å². The average molecular weight is 375 g/mol. The largest absolute Gasteiger partial charge is 0.478 e. The molecule has 138 valence electrons. The van der Waals surface area contributed by atoms with Crippen molar-refractivity contribution in [3.05, 3.63) is 59.2 Å². The number of fused-ring (bicyclic) bond motifs is 1. The molecule has 0 radical (unpaired) electrons. The summed E-state index contributed by atoms with van der Waals surface area (Å²) < 4.78 is 25.4. The second-order valence-corrected chi connectivity index (χ2v) is 8.43. The zero-order valence-electron chi connectivity index (χ0n) is 14.4. The van der Waals surface area contributed by atoms with Gasteiger partial charge in [0.05, 0.1) is 16.2 Å². The van der Waals surface area contributed by atoms with Crippen LogP contribution in [0.25, 0.3) is 0 Å². The summed E-state index contributed by atoms with van der Waals surface area (Å²) in [5, 5.41) is 23.8. The fourth-order valence-corrected chi connectivity index (χ4v) is 5.23. The lowest BCUT2D eigenvalue weighted by Gasteiger charge is -2.26. The van der Waals surface area contributed by atoms with Crippen molar-refractivity contribution in [2.24, 2.45) is 0 Å². The molecule has 6 nitrogen and oxygen atoms in total. The van der Waals surface area contributed by atoms with Crippen molar-refractivity contribution in [1.29, 1.82) is 0 Å². The van der Waals surface area contributed by atoms with Gasteiger partial charge in [0.2, 0.25) is 0 Å². The summed E-state index contributed by atoms with van der Waals surface area (Å²) in [6, 6.07) is 11.1. The van der Waals surface area contributed by atoms with E-state index in [1.165, 1.54) is 6.07 Å². The molecule has 0 fully saturated rings. The molecular formula is C19H21NO5S. The molecule has 1 atom stereocenters. The molecule has 7 heteroatoms. The number of rotatable bonds is 6. The Morgan fingerprint density at radius 2 is 1.92 bits per heavy atom. The van der Waals surface area contributed by atoms with Gasteiger partial charge in [-0.25, -0.2) is 13.2 Å². The van der Waals surface area contributed by atoms with E-state index >= 15 is 0 Å². The van der Waals surface area contributed by atoms with Crippen molar-refractivity contribution >= 4 is 21.5 Å². The molecule has 1 unspecified atom stereocenters. The van der Waals surface area contributed by atoms with Crippen LogP contribution in [-0.2, 0) is 15.4 Å². The summed E-state index contributed by atoms with van der Waals surface area (Å²) in [5.74, 6) is -1.72. The first-order chi connectivity index (χ1) is 12.3. The minimum atomic E-state index is -3.82. The molecule has 0 bridgehead atoms. The van der Waals surface area contributed by atoms with Crippen LogP contribution in [0, 0.1) is 0 Å². The van der Waals surface area contributed by atoms with Crippen molar-refractivity contribution in [3.8, 4) is 0 Å². The van der Waals surface area contributed by atoms with Gasteiger partial charge in [-0.15, -0.1) is 0 Å². The van der Waals surface area contributed by atoms with E-state index in [0.717, 1.165) is 18.9 Å². The minimum Gasteiger partial charge on any atom is -0.478 e. The molecule has 2 aromatic carbocycles. The Labute approximate surface area is 152 Å². The van der Waals surface area contributed by atoms with Gasteiger partial charge in [-0.05, 0) is 24.1 Å². The number of carboxylic acid groups (broad SMARTS) is 1. The Morgan fingerprint density at radius 3 is 2.54 bits per heavy atom. The number of nitrogens with one attached hydrogen (secondary N) is 1. The van der Waals surface area contributed by atoms with E-state index in [-0.39, 0.29) is 16.0 Å². The van der Waals surface area contributed by atoms with Crippen LogP contribution in [0.3, 0.4) is 0 Å². The van der Waals surface area contributed by atoms with E-state index < -0.39 is 27.2 Å². The predicted molar refractivity (Wildman–Crippen MR) is 98.3 cm³/mol. The van der Waals surface area contributed by atoms with Crippen LogP contribution >= 0.6 is 0 Å². The van der Waals surface area contributed by atoms with Crippen molar-refractivity contribution < 1.29 is 23.4 Å². The number of anilines is 1. The maximum atomic E-state index is 12.7. The van der Waals surface area contributed by atoms with E-state index in [1.807, 2.05) is 6.92 Å². The van der Waals surface area contributed by atoms with Crippen LogP contribution in [0.2, 0.25) is 0 Å². The maximum absolute atomic E-state index is 12.7. The smallest absolute Gasteiger partial charge is 0.335 e. The molecule has 1 heterocycles. The Hall–Kier alpha value is -2.38. The predicted octanol–water partition coefficient (Wildman–Crippen LogP) is 2.62. The van der Waals surface area contributed by atoms with Gasteiger partial charge in [-0.2, -0.15) is 0 Å². The highest BCUT2D eigenvalue weighted by atomic mass is 32.2. The highest BCUT2D eigenvalue weighted by molar-refractivity contribution is 7.91. The lowest BCUT2D eigenvalue weighted by atomic mass is 9.86. The molecule has 26 heavy (non-hydrogen) atoms. The molecule has 3 N–H and O–H groups in total. The highest BCUT2D eigenvalue weighted by Gasteiger charge is 2.49. The molecule has 0 saturated carbocycles. The second-order valence-electron chi connectivity index (χ2n) is 6.47. The van der Waals surface area contributed by atoms with Crippen LogP contribution < -0.4 is 5.32 Å². The first-order valence-corrected chi connectivity index (χ1v) is 10.1. The van der Waals surface area contributed by atoms with E-state index in [4.69, 9.17) is 0 Å². The molecule has 0 spiro atoms. The Bertz CT molecular complexity index is 940. The van der Waals surface area contributed by atoms with Gasteiger partial charge in [-0.1, -0.05) is 43.7 Å².